The molecule has 1 aliphatic carbocycles. The monoisotopic (exact) mass is 327 g/mol. The van der Waals surface area contributed by atoms with Crippen molar-refractivity contribution in [2.45, 2.75) is 52.9 Å². The van der Waals surface area contributed by atoms with Crippen molar-refractivity contribution in [3.63, 3.8) is 0 Å². The molecule has 1 heterocycles. The normalized spacial score (nSPS) is 26.7. The predicted molar refractivity (Wildman–Crippen MR) is 95.4 cm³/mol. The highest BCUT2D eigenvalue weighted by atomic mass is 35.5. The molecule has 2 rings (SSSR count). The molecular weight excluding hydrogens is 298 g/mol. The van der Waals surface area contributed by atoms with Crippen LogP contribution in [-0.4, -0.2) is 13.1 Å². The molecule has 120 valence electrons. The molecule has 0 saturated heterocycles. The average Bonchev–Trinajstić information content (AvgIpc) is 2.85. The van der Waals surface area contributed by atoms with E-state index < -0.39 is 0 Å². The summed E-state index contributed by atoms with van der Waals surface area (Å²) in [5.74, 6) is 3.87. The van der Waals surface area contributed by atoms with E-state index in [9.17, 15) is 0 Å². The summed E-state index contributed by atoms with van der Waals surface area (Å²) in [6.45, 7) is 11.6. The van der Waals surface area contributed by atoms with E-state index in [2.05, 4.69) is 45.1 Å². The van der Waals surface area contributed by atoms with Gasteiger partial charge in [0, 0.05) is 4.88 Å². The van der Waals surface area contributed by atoms with Crippen LogP contribution in [0.4, 0.5) is 0 Å². The Hall–Kier alpha value is -0.0500. The first kappa shape index (κ1) is 17.3. The Morgan fingerprint density at radius 1 is 1.24 bits per heavy atom. The molecule has 1 aliphatic rings. The molecular formula is C18H30ClNS. The fourth-order valence-electron chi connectivity index (χ4n) is 3.55. The fraction of sp³-hybridized carbons (Fsp3) is 0.778. The van der Waals surface area contributed by atoms with Gasteiger partial charge in [-0.3, -0.25) is 0 Å². The second kappa shape index (κ2) is 7.99. The molecule has 0 bridgehead atoms. The molecule has 1 aromatic heterocycles. The minimum absolute atomic E-state index is 0.698. The van der Waals surface area contributed by atoms with Gasteiger partial charge in [-0.2, -0.15) is 0 Å². The third kappa shape index (κ3) is 4.97. The predicted octanol–water partition coefficient (Wildman–Crippen LogP) is 5.80. The largest absolute Gasteiger partial charge is 0.316 e. The van der Waals surface area contributed by atoms with Gasteiger partial charge in [0.2, 0.25) is 0 Å². The van der Waals surface area contributed by atoms with Gasteiger partial charge in [0.25, 0.3) is 0 Å². The van der Waals surface area contributed by atoms with Crippen molar-refractivity contribution < 1.29 is 0 Å². The lowest BCUT2D eigenvalue weighted by Crippen LogP contribution is -2.34. The number of rotatable bonds is 6. The summed E-state index contributed by atoms with van der Waals surface area (Å²) in [6, 6.07) is 4.33. The van der Waals surface area contributed by atoms with Gasteiger partial charge in [0.1, 0.15) is 0 Å². The molecule has 1 nitrogen and oxygen atoms in total. The van der Waals surface area contributed by atoms with Gasteiger partial charge in [-0.15, -0.1) is 11.3 Å². The smallest absolute Gasteiger partial charge is 0.0931 e. The highest BCUT2D eigenvalue weighted by Gasteiger charge is 2.33. The molecule has 0 aromatic carbocycles. The third-order valence-corrected chi connectivity index (χ3v) is 6.26. The lowest BCUT2D eigenvalue weighted by Gasteiger charge is -2.38. The summed E-state index contributed by atoms with van der Waals surface area (Å²) in [5, 5.41) is 3.68. The van der Waals surface area contributed by atoms with Crippen LogP contribution in [0, 0.1) is 23.7 Å². The van der Waals surface area contributed by atoms with Crippen molar-refractivity contribution in [1.82, 2.24) is 5.32 Å². The SMILES string of the molecule is CC(C)CNCC1CCC(C(C)C)CC1c1ccc(Cl)s1. The maximum absolute atomic E-state index is 6.18. The van der Waals surface area contributed by atoms with Crippen LogP contribution >= 0.6 is 22.9 Å². The van der Waals surface area contributed by atoms with Gasteiger partial charge in [0.15, 0.2) is 0 Å². The molecule has 0 radical (unpaired) electrons. The van der Waals surface area contributed by atoms with E-state index in [0.717, 1.165) is 41.1 Å². The van der Waals surface area contributed by atoms with Gasteiger partial charge < -0.3 is 5.32 Å². The van der Waals surface area contributed by atoms with Gasteiger partial charge in [-0.25, -0.2) is 0 Å². The quantitative estimate of drug-likeness (QED) is 0.696. The zero-order chi connectivity index (χ0) is 15.4. The molecule has 1 saturated carbocycles. The molecule has 1 aromatic rings. The molecule has 1 fully saturated rings. The Morgan fingerprint density at radius 3 is 2.57 bits per heavy atom. The van der Waals surface area contributed by atoms with Crippen LogP contribution in [0.2, 0.25) is 4.34 Å². The van der Waals surface area contributed by atoms with Crippen LogP contribution in [-0.2, 0) is 0 Å². The standard InChI is InChI=1S/C18H30ClNS/c1-12(2)10-20-11-15-6-5-14(13(3)4)9-16(15)17-7-8-18(19)21-17/h7-8,12-16,20H,5-6,9-11H2,1-4H3. The summed E-state index contributed by atoms with van der Waals surface area (Å²) >= 11 is 7.96. The van der Waals surface area contributed by atoms with E-state index in [0.29, 0.717) is 5.92 Å². The third-order valence-electron chi connectivity index (χ3n) is 4.90. The molecule has 21 heavy (non-hydrogen) atoms. The minimum atomic E-state index is 0.698. The van der Waals surface area contributed by atoms with Gasteiger partial charge in [-0.05, 0) is 74.1 Å². The maximum atomic E-state index is 6.18. The fourth-order valence-corrected chi connectivity index (χ4v) is 4.82. The van der Waals surface area contributed by atoms with Crippen LogP contribution in [0.5, 0.6) is 0 Å². The van der Waals surface area contributed by atoms with E-state index in [-0.39, 0.29) is 0 Å². The minimum Gasteiger partial charge on any atom is -0.316 e. The van der Waals surface area contributed by atoms with Crippen molar-refractivity contribution in [3.8, 4) is 0 Å². The molecule has 0 spiro atoms. The molecule has 3 heteroatoms. The molecule has 0 amide bonds. The van der Waals surface area contributed by atoms with E-state index in [4.69, 9.17) is 11.6 Å². The Kier molecular flexibility index (Phi) is 6.58. The number of thiophene rings is 1. The highest BCUT2D eigenvalue weighted by molar-refractivity contribution is 7.16. The summed E-state index contributed by atoms with van der Waals surface area (Å²) in [6.07, 6.45) is 4.08. The van der Waals surface area contributed by atoms with Crippen LogP contribution in [0.3, 0.4) is 0 Å². The zero-order valence-electron chi connectivity index (χ0n) is 13.9. The summed E-state index contributed by atoms with van der Waals surface area (Å²) in [5.41, 5.74) is 0. The van der Waals surface area contributed by atoms with Crippen molar-refractivity contribution in [3.05, 3.63) is 21.3 Å². The van der Waals surface area contributed by atoms with Crippen molar-refractivity contribution in [1.29, 1.82) is 0 Å². The van der Waals surface area contributed by atoms with Crippen molar-refractivity contribution in [2.75, 3.05) is 13.1 Å². The Labute approximate surface area is 139 Å². The maximum Gasteiger partial charge on any atom is 0.0931 e. The summed E-state index contributed by atoms with van der Waals surface area (Å²) in [7, 11) is 0. The summed E-state index contributed by atoms with van der Waals surface area (Å²) < 4.78 is 0.936. The average molecular weight is 328 g/mol. The lowest BCUT2D eigenvalue weighted by atomic mass is 9.70. The Bertz CT molecular complexity index is 425. The number of nitrogens with one attached hydrogen (secondary N) is 1. The van der Waals surface area contributed by atoms with Crippen LogP contribution in [0.25, 0.3) is 0 Å². The molecule has 1 N–H and O–H groups in total. The van der Waals surface area contributed by atoms with Crippen molar-refractivity contribution in [2.24, 2.45) is 23.7 Å². The molecule has 3 unspecified atom stereocenters. The first-order valence-electron chi connectivity index (χ1n) is 8.43. The number of hydrogen-bond donors (Lipinski definition) is 1. The second-order valence-electron chi connectivity index (χ2n) is 7.38. The van der Waals surface area contributed by atoms with Gasteiger partial charge >= 0.3 is 0 Å². The topological polar surface area (TPSA) is 12.0 Å². The van der Waals surface area contributed by atoms with Crippen molar-refractivity contribution >= 4 is 22.9 Å². The lowest BCUT2D eigenvalue weighted by molar-refractivity contribution is 0.191. The van der Waals surface area contributed by atoms with Crippen LogP contribution < -0.4 is 5.32 Å². The second-order valence-corrected chi connectivity index (χ2v) is 9.12. The van der Waals surface area contributed by atoms with Crippen LogP contribution in [0.1, 0.15) is 57.8 Å². The van der Waals surface area contributed by atoms with E-state index in [1.54, 1.807) is 11.3 Å². The molecule has 0 aliphatic heterocycles. The van der Waals surface area contributed by atoms with Crippen LogP contribution in [0.15, 0.2) is 12.1 Å². The Balaban J connectivity index is 2.03. The first-order chi connectivity index (χ1) is 9.97. The molecule has 3 atom stereocenters. The van der Waals surface area contributed by atoms with Gasteiger partial charge in [-0.1, -0.05) is 39.3 Å². The zero-order valence-corrected chi connectivity index (χ0v) is 15.4. The summed E-state index contributed by atoms with van der Waals surface area (Å²) in [4.78, 5) is 1.50. The highest BCUT2D eigenvalue weighted by Crippen LogP contribution is 2.45. The number of hydrogen-bond acceptors (Lipinski definition) is 2. The van der Waals surface area contributed by atoms with E-state index >= 15 is 0 Å². The Morgan fingerprint density at radius 2 is 2.00 bits per heavy atom. The van der Waals surface area contributed by atoms with Gasteiger partial charge in [0.05, 0.1) is 4.34 Å². The van der Waals surface area contributed by atoms with E-state index in [1.165, 1.54) is 24.1 Å². The first-order valence-corrected chi connectivity index (χ1v) is 9.62. The van der Waals surface area contributed by atoms with E-state index in [1.807, 2.05) is 0 Å². The number of halogens is 1.